The third-order valence-corrected chi connectivity index (χ3v) is 12.3. The Morgan fingerprint density at radius 2 is 1.17 bits per heavy atom. The van der Waals surface area contributed by atoms with Gasteiger partial charge in [-0.3, -0.25) is 14.4 Å². The van der Waals surface area contributed by atoms with Crippen molar-refractivity contribution in [3.05, 3.63) is 96.6 Å². The van der Waals surface area contributed by atoms with Crippen molar-refractivity contribution in [1.29, 1.82) is 0 Å². The van der Waals surface area contributed by atoms with Crippen LogP contribution in [0.3, 0.4) is 0 Å². The second-order valence-electron chi connectivity index (χ2n) is 9.10. The first-order valence-corrected chi connectivity index (χ1v) is 14.3. The molecule has 1 aliphatic rings. The van der Waals surface area contributed by atoms with Crippen LogP contribution in [0.2, 0.25) is 11.6 Å². The average molecular weight is 503 g/mol. The van der Waals surface area contributed by atoms with Gasteiger partial charge in [-0.1, -0.05) is 101 Å². The lowest BCUT2D eigenvalue weighted by Gasteiger charge is -2.40. The van der Waals surface area contributed by atoms with Gasteiger partial charge in [0.2, 0.25) is 0 Å². The molecule has 7 heteroatoms. The quantitative estimate of drug-likeness (QED) is 0.278. The van der Waals surface area contributed by atoms with Gasteiger partial charge in [-0.2, -0.15) is 0 Å². The van der Waals surface area contributed by atoms with Gasteiger partial charge in [0.15, 0.2) is 0 Å². The van der Waals surface area contributed by atoms with Crippen molar-refractivity contribution >= 4 is 36.4 Å². The van der Waals surface area contributed by atoms with Crippen LogP contribution in [0.25, 0.3) is 0 Å². The van der Waals surface area contributed by atoms with Gasteiger partial charge in [0.1, 0.15) is 26.4 Å². The summed E-state index contributed by atoms with van der Waals surface area (Å²) in [4.78, 5) is 37.1. The number of benzene rings is 3. The summed E-state index contributed by atoms with van der Waals surface area (Å²) >= 11 is 0. The Hall–Kier alpha value is -3.71. The number of rotatable bonds is 7. The van der Waals surface area contributed by atoms with Crippen LogP contribution < -0.4 is 10.4 Å². The highest BCUT2D eigenvalue weighted by Crippen LogP contribution is 2.51. The van der Waals surface area contributed by atoms with Crippen LogP contribution in [-0.4, -0.2) is 38.2 Å². The van der Waals surface area contributed by atoms with Gasteiger partial charge in [0.05, 0.1) is 0 Å². The predicted octanol–water partition coefficient (Wildman–Crippen LogP) is 3.80. The molecular weight excluding hydrogens is 472 g/mol. The van der Waals surface area contributed by atoms with Gasteiger partial charge in [0, 0.05) is 26.3 Å². The molecule has 4 atom stereocenters. The zero-order valence-electron chi connectivity index (χ0n) is 20.6. The minimum absolute atomic E-state index is 0.439. The van der Waals surface area contributed by atoms with Crippen LogP contribution in [-0.2, 0) is 28.6 Å². The van der Waals surface area contributed by atoms with Gasteiger partial charge in [-0.05, 0) is 11.6 Å². The van der Waals surface area contributed by atoms with E-state index < -0.39 is 49.8 Å². The first-order valence-electron chi connectivity index (χ1n) is 12.0. The second kappa shape index (κ2) is 10.9. The Morgan fingerprint density at radius 3 is 1.61 bits per heavy atom. The number of esters is 3. The van der Waals surface area contributed by atoms with E-state index in [2.05, 4.69) is 24.3 Å². The topological polar surface area (TPSA) is 78.9 Å². The third kappa shape index (κ3) is 5.11. The van der Waals surface area contributed by atoms with E-state index in [-0.39, 0.29) is 0 Å². The molecule has 1 saturated heterocycles. The molecule has 1 heterocycles. The van der Waals surface area contributed by atoms with E-state index in [4.69, 9.17) is 14.2 Å². The van der Waals surface area contributed by atoms with E-state index in [1.54, 1.807) is 0 Å². The highest BCUT2D eigenvalue weighted by molar-refractivity contribution is 7.04. The first kappa shape index (κ1) is 25.4. The van der Waals surface area contributed by atoms with Crippen molar-refractivity contribution in [3.63, 3.8) is 0 Å². The van der Waals surface area contributed by atoms with Crippen LogP contribution in [0.1, 0.15) is 32.4 Å². The fourth-order valence-corrected chi connectivity index (χ4v) is 11.6. The fraction of sp³-hybridized carbons (Fsp3) is 0.276. The minimum atomic E-state index is -2.92. The third-order valence-electron chi connectivity index (χ3n) is 6.76. The van der Waals surface area contributed by atoms with E-state index in [0.29, 0.717) is 6.04 Å². The summed E-state index contributed by atoms with van der Waals surface area (Å²) in [6.07, 6.45) is -2.21. The van der Waals surface area contributed by atoms with Crippen molar-refractivity contribution in [2.45, 2.75) is 50.7 Å². The largest absolute Gasteiger partial charge is 0.459 e. The summed E-state index contributed by atoms with van der Waals surface area (Å²) in [6, 6.07) is 30.1. The van der Waals surface area contributed by atoms with Crippen LogP contribution in [0.4, 0.5) is 0 Å². The minimum Gasteiger partial charge on any atom is -0.459 e. The average Bonchev–Trinajstić information content (AvgIpc) is 3.17. The Labute approximate surface area is 212 Å². The van der Waals surface area contributed by atoms with Crippen LogP contribution in [0.15, 0.2) is 91.0 Å². The highest BCUT2D eigenvalue weighted by atomic mass is 28.3. The molecule has 0 bridgehead atoms. The Morgan fingerprint density at radius 1 is 0.694 bits per heavy atom. The smallest absolute Gasteiger partial charge is 0.303 e. The number of carbonyl (C=O) groups is 3. The molecule has 0 aliphatic carbocycles. The molecule has 6 nitrogen and oxygen atoms in total. The lowest BCUT2D eigenvalue weighted by Crippen LogP contribution is -2.61. The summed E-state index contributed by atoms with van der Waals surface area (Å²) in [5.41, 5.74) is 0.337. The molecule has 0 spiro atoms. The fourth-order valence-electron chi connectivity index (χ4n) is 5.60. The predicted molar refractivity (Wildman–Crippen MR) is 139 cm³/mol. The van der Waals surface area contributed by atoms with Crippen LogP contribution in [0, 0.1) is 0 Å². The van der Waals surface area contributed by atoms with E-state index in [1.807, 2.05) is 66.7 Å². The Balaban J connectivity index is 2.04. The number of ether oxygens (including phenoxy) is 3. The van der Waals surface area contributed by atoms with E-state index in [1.165, 1.54) is 20.8 Å². The molecule has 0 amide bonds. The number of hydrogen-bond donors (Lipinski definition) is 0. The van der Waals surface area contributed by atoms with Gasteiger partial charge in [-0.25, -0.2) is 0 Å². The molecule has 0 saturated carbocycles. The van der Waals surface area contributed by atoms with Crippen LogP contribution >= 0.6 is 0 Å². The lowest BCUT2D eigenvalue weighted by molar-refractivity contribution is -0.166. The van der Waals surface area contributed by atoms with E-state index in [0.717, 1.165) is 15.9 Å². The summed E-state index contributed by atoms with van der Waals surface area (Å²) in [6.45, 7) is 4.08. The van der Waals surface area contributed by atoms with E-state index in [9.17, 15) is 14.4 Å². The summed E-state index contributed by atoms with van der Waals surface area (Å²) in [7, 11) is -2.92. The zero-order chi connectivity index (χ0) is 25.7. The molecule has 1 fully saturated rings. The Bertz CT molecular complexity index is 1160. The normalized spacial score (nSPS) is 21.2. The van der Waals surface area contributed by atoms with Gasteiger partial charge >= 0.3 is 17.9 Å². The molecule has 1 aliphatic heterocycles. The Kier molecular flexibility index (Phi) is 7.69. The first-order chi connectivity index (χ1) is 17.3. The van der Waals surface area contributed by atoms with Gasteiger partial charge in [0.25, 0.3) is 0 Å². The molecule has 0 aromatic heterocycles. The summed E-state index contributed by atoms with van der Waals surface area (Å²) in [5.74, 6) is -1.38. The molecule has 186 valence electrons. The van der Waals surface area contributed by atoms with Crippen molar-refractivity contribution in [2.24, 2.45) is 0 Å². The maximum atomic E-state index is 12.5. The van der Waals surface area contributed by atoms with Crippen molar-refractivity contribution in [1.82, 2.24) is 0 Å². The highest BCUT2D eigenvalue weighted by Gasteiger charge is 2.63. The molecule has 0 N–H and O–H groups in total. The molecule has 0 radical (unpaired) electrons. The molecule has 36 heavy (non-hydrogen) atoms. The molecule has 3 aromatic carbocycles. The summed E-state index contributed by atoms with van der Waals surface area (Å²) < 4.78 is 17.8. The van der Waals surface area contributed by atoms with Crippen molar-refractivity contribution in [3.8, 4) is 0 Å². The van der Waals surface area contributed by atoms with Crippen LogP contribution in [0.5, 0.6) is 0 Å². The second-order valence-corrected chi connectivity index (χ2v) is 13.3. The number of carbonyl (C=O) groups excluding carboxylic acids is 3. The SMILES string of the molecule is CC(=O)O[C@@H]1[C@@H]([C@H](OC(C)=O)c2ccccc2)[Si](c2ccccc2)(c2ccccc2)C[C@@H]1OC(C)=O. The molecule has 4 rings (SSSR count). The maximum absolute atomic E-state index is 12.5. The monoisotopic (exact) mass is 502 g/mol. The van der Waals surface area contributed by atoms with Gasteiger partial charge in [-0.15, -0.1) is 0 Å². The number of hydrogen-bond acceptors (Lipinski definition) is 6. The molecular formula is C29H30O6Si. The summed E-state index contributed by atoms with van der Waals surface area (Å²) in [5, 5.41) is 2.17. The molecule has 3 aromatic rings. The lowest BCUT2D eigenvalue weighted by atomic mass is 10.00. The van der Waals surface area contributed by atoms with E-state index >= 15 is 0 Å². The van der Waals surface area contributed by atoms with Crippen molar-refractivity contribution < 1.29 is 28.6 Å². The maximum Gasteiger partial charge on any atom is 0.303 e. The van der Waals surface area contributed by atoms with Gasteiger partial charge < -0.3 is 14.2 Å². The zero-order valence-corrected chi connectivity index (χ0v) is 21.6. The standard InChI is InChI=1S/C29H30O6Si/c1-20(30)33-26-19-36(24-15-9-5-10-16-24,25-17-11-6-12-18-25)29(28(26)35-22(3)32)27(34-21(2)31)23-13-7-4-8-14-23/h4-18,26-29H,19H2,1-3H3/t26-,27+,28-,29+/m0/s1. The van der Waals surface area contributed by atoms with Crippen molar-refractivity contribution in [2.75, 3.05) is 0 Å². The molecule has 0 unspecified atom stereocenters.